The smallest absolute Gasteiger partial charge is 0.250 e. The van der Waals surface area contributed by atoms with Gasteiger partial charge in [-0.25, -0.2) is 30.9 Å². The third-order valence-electron chi connectivity index (χ3n) is 7.06. The van der Waals surface area contributed by atoms with Crippen molar-refractivity contribution in [2.24, 2.45) is 5.14 Å². The number of pyridine rings is 1. The van der Waals surface area contributed by atoms with E-state index in [1.54, 1.807) is 37.3 Å². The van der Waals surface area contributed by atoms with E-state index in [2.05, 4.69) is 9.97 Å². The number of nitrogens with one attached hydrogen (secondary N) is 1. The normalized spacial score (nSPS) is 18.2. The third kappa shape index (κ3) is 3.80. The molecule has 0 fully saturated rings. The molecule has 3 aromatic heterocycles. The fourth-order valence-electron chi connectivity index (χ4n) is 4.94. The standard InChI is InChI=1S/C28H24N4O4S2/c1-28(13-10-19(11-14-28)23-8-3-9-25-24(23)12-16-30-25)38(35,36)32-26(18-21-6-4-15-31-27(21)32)20-5-2-7-22(17-20)37(29,33)34/h2-13,15-18,30H,14H2,1H3,(H2,29,33,34). The number of aromatic amines is 1. The van der Waals surface area contributed by atoms with Gasteiger partial charge in [-0.15, -0.1) is 0 Å². The van der Waals surface area contributed by atoms with Crippen molar-refractivity contribution in [1.29, 1.82) is 0 Å². The summed E-state index contributed by atoms with van der Waals surface area (Å²) in [6, 6.07) is 19.1. The van der Waals surface area contributed by atoms with Gasteiger partial charge in [-0.3, -0.25) is 0 Å². The van der Waals surface area contributed by atoms with Crippen molar-refractivity contribution < 1.29 is 16.8 Å². The highest BCUT2D eigenvalue weighted by molar-refractivity contribution is 7.91. The lowest BCUT2D eigenvalue weighted by Crippen LogP contribution is -2.38. The Morgan fingerprint density at radius 3 is 2.58 bits per heavy atom. The number of primary sulfonamides is 1. The van der Waals surface area contributed by atoms with Crippen LogP contribution in [0.5, 0.6) is 0 Å². The van der Waals surface area contributed by atoms with Crippen LogP contribution in [0.3, 0.4) is 0 Å². The minimum absolute atomic E-state index is 0.104. The predicted octanol–water partition coefficient (Wildman–Crippen LogP) is 4.81. The molecular formula is C28H24N4O4S2. The Bertz CT molecular complexity index is 2020. The zero-order valence-corrected chi connectivity index (χ0v) is 22.0. The lowest BCUT2D eigenvalue weighted by Gasteiger charge is -2.29. The molecular weight excluding hydrogens is 520 g/mol. The zero-order valence-electron chi connectivity index (χ0n) is 20.4. The van der Waals surface area contributed by atoms with Gasteiger partial charge in [0.05, 0.1) is 10.6 Å². The molecule has 3 N–H and O–H groups in total. The number of nitrogens with zero attached hydrogens (tertiary/aromatic N) is 2. The monoisotopic (exact) mass is 544 g/mol. The number of hydrogen-bond donors (Lipinski definition) is 2. The molecule has 1 atom stereocenters. The number of H-pyrrole nitrogens is 1. The largest absolute Gasteiger partial charge is 0.361 e. The minimum Gasteiger partial charge on any atom is -0.361 e. The van der Waals surface area contributed by atoms with Gasteiger partial charge in [0.2, 0.25) is 20.0 Å². The van der Waals surface area contributed by atoms with Crippen LogP contribution < -0.4 is 5.14 Å². The maximum atomic E-state index is 14.4. The van der Waals surface area contributed by atoms with E-state index in [9.17, 15) is 16.8 Å². The molecule has 0 spiro atoms. The first-order valence-electron chi connectivity index (χ1n) is 11.9. The van der Waals surface area contributed by atoms with E-state index >= 15 is 0 Å². The summed E-state index contributed by atoms with van der Waals surface area (Å²) in [5, 5.41) is 7.03. The number of fused-ring (bicyclic) bond motifs is 2. The van der Waals surface area contributed by atoms with E-state index in [-0.39, 0.29) is 17.0 Å². The number of rotatable bonds is 5. The molecule has 0 radical (unpaired) electrons. The van der Waals surface area contributed by atoms with Gasteiger partial charge in [-0.05, 0) is 66.9 Å². The van der Waals surface area contributed by atoms with E-state index in [0.29, 0.717) is 16.6 Å². The minimum atomic E-state index is -4.07. The van der Waals surface area contributed by atoms with E-state index in [1.807, 2.05) is 42.6 Å². The molecule has 10 heteroatoms. The molecule has 0 saturated heterocycles. The molecule has 6 rings (SSSR count). The topological polar surface area (TPSA) is 128 Å². The summed E-state index contributed by atoms with van der Waals surface area (Å²) in [7, 11) is -8.06. The van der Waals surface area contributed by atoms with Crippen LogP contribution in [0.2, 0.25) is 0 Å². The van der Waals surface area contributed by atoms with E-state index in [4.69, 9.17) is 5.14 Å². The van der Waals surface area contributed by atoms with Crippen molar-refractivity contribution in [2.75, 3.05) is 0 Å². The predicted molar refractivity (Wildman–Crippen MR) is 149 cm³/mol. The Labute approximate surface area is 220 Å². The molecule has 0 bridgehead atoms. The van der Waals surface area contributed by atoms with Crippen molar-refractivity contribution in [2.45, 2.75) is 23.0 Å². The first-order chi connectivity index (χ1) is 18.1. The van der Waals surface area contributed by atoms with Crippen molar-refractivity contribution in [3.05, 3.63) is 103 Å². The fourth-order valence-corrected chi connectivity index (χ4v) is 7.25. The van der Waals surface area contributed by atoms with Crippen molar-refractivity contribution in [1.82, 2.24) is 13.9 Å². The summed E-state index contributed by atoms with van der Waals surface area (Å²) in [6.45, 7) is 1.68. The van der Waals surface area contributed by atoms with Gasteiger partial charge in [-0.2, -0.15) is 0 Å². The molecule has 0 saturated carbocycles. The number of allylic oxidation sites excluding steroid dienone is 3. The first-order valence-corrected chi connectivity index (χ1v) is 14.9. The van der Waals surface area contributed by atoms with Gasteiger partial charge in [0, 0.05) is 34.2 Å². The highest BCUT2D eigenvalue weighted by atomic mass is 32.2. The molecule has 8 nitrogen and oxygen atoms in total. The lowest BCUT2D eigenvalue weighted by atomic mass is 9.92. The molecule has 0 aliphatic heterocycles. The van der Waals surface area contributed by atoms with Crippen LogP contribution in [-0.2, 0) is 20.0 Å². The Balaban J connectivity index is 1.48. The van der Waals surface area contributed by atoms with Crippen LogP contribution in [-0.4, -0.2) is 35.5 Å². The summed E-state index contributed by atoms with van der Waals surface area (Å²) in [4.78, 5) is 7.48. The Morgan fingerprint density at radius 2 is 1.82 bits per heavy atom. The number of nitrogens with two attached hydrogens (primary N) is 1. The second-order valence-electron chi connectivity index (χ2n) is 9.54. The van der Waals surface area contributed by atoms with Crippen molar-refractivity contribution in [3.8, 4) is 11.3 Å². The third-order valence-corrected chi connectivity index (χ3v) is 10.3. The van der Waals surface area contributed by atoms with Gasteiger partial charge in [0.25, 0.3) is 0 Å². The summed E-state index contributed by atoms with van der Waals surface area (Å²) in [5.74, 6) is 0. The molecule has 2 aromatic carbocycles. The fraction of sp³-hybridized carbons (Fsp3) is 0.107. The quantitative estimate of drug-likeness (QED) is 0.328. The van der Waals surface area contributed by atoms with Crippen LogP contribution in [0.4, 0.5) is 0 Å². The summed E-state index contributed by atoms with van der Waals surface area (Å²) < 4.78 is 52.7. The van der Waals surface area contributed by atoms with Gasteiger partial charge in [-0.1, -0.05) is 42.5 Å². The number of aromatic nitrogens is 3. The van der Waals surface area contributed by atoms with Crippen LogP contribution in [0.15, 0.2) is 102 Å². The molecule has 1 aliphatic carbocycles. The Hall–Kier alpha value is -3.99. The zero-order chi connectivity index (χ0) is 26.7. The van der Waals surface area contributed by atoms with E-state index in [0.717, 1.165) is 22.0 Å². The van der Waals surface area contributed by atoms with Crippen molar-refractivity contribution >= 4 is 47.6 Å². The number of benzene rings is 2. The van der Waals surface area contributed by atoms with E-state index < -0.39 is 24.8 Å². The molecule has 1 aliphatic rings. The molecule has 5 aromatic rings. The average molecular weight is 545 g/mol. The maximum Gasteiger partial charge on any atom is 0.250 e. The van der Waals surface area contributed by atoms with Gasteiger partial charge in [0.15, 0.2) is 5.65 Å². The Kier molecular flexibility index (Phi) is 5.46. The molecule has 1 unspecified atom stereocenters. The Morgan fingerprint density at radius 1 is 1.00 bits per heavy atom. The average Bonchev–Trinajstić information content (AvgIpc) is 3.54. The number of hydrogen-bond acceptors (Lipinski definition) is 5. The first kappa shape index (κ1) is 24.4. The highest BCUT2D eigenvalue weighted by Crippen LogP contribution is 2.39. The van der Waals surface area contributed by atoms with Gasteiger partial charge in [0.1, 0.15) is 4.75 Å². The second kappa shape index (κ2) is 8.52. The second-order valence-corrected chi connectivity index (χ2v) is 13.4. The molecule has 38 heavy (non-hydrogen) atoms. The maximum absolute atomic E-state index is 14.4. The lowest BCUT2D eigenvalue weighted by molar-refractivity contribution is 0.555. The summed E-state index contributed by atoms with van der Waals surface area (Å²) in [5.41, 5.74) is 3.95. The van der Waals surface area contributed by atoms with Crippen LogP contribution in [0, 0.1) is 0 Å². The number of sulfonamides is 1. The van der Waals surface area contributed by atoms with E-state index in [1.165, 1.54) is 28.4 Å². The molecule has 192 valence electrons. The summed E-state index contributed by atoms with van der Waals surface area (Å²) >= 11 is 0. The molecule has 0 amide bonds. The van der Waals surface area contributed by atoms with Crippen LogP contribution >= 0.6 is 0 Å². The van der Waals surface area contributed by atoms with Crippen LogP contribution in [0.1, 0.15) is 18.9 Å². The van der Waals surface area contributed by atoms with Crippen LogP contribution in [0.25, 0.3) is 38.8 Å². The van der Waals surface area contributed by atoms with Crippen molar-refractivity contribution in [3.63, 3.8) is 0 Å². The summed E-state index contributed by atoms with van der Waals surface area (Å²) in [6.07, 6.45) is 9.18. The SMILES string of the molecule is CC1(S(=O)(=O)n2c(-c3cccc(S(N)(=O)=O)c3)cc3cccnc32)C=CC(c2cccc3[nH]ccc23)=CC1. The molecule has 3 heterocycles. The highest BCUT2D eigenvalue weighted by Gasteiger charge is 2.41. The van der Waals surface area contributed by atoms with Gasteiger partial charge < -0.3 is 4.98 Å². The van der Waals surface area contributed by atoms with Gasteiger partial charge >= 0.3 is 0 Å².